The van der Waals surface area contributed by atoms with E-state index in [1.54, 1.807) is 0 Å². The Morgan fingerprint density at radius 2 is 1.68 bits per heavy atom. The first-order chi connectivity index (χ1) is 11.5. The molecule has 0 heterocycles. The fraction of sp³-hybridized carbons (Fsp3) is 0.583. The molecule has 142 valence electrons. The minimum atomic E-state index is -2.91. The SMILES string of the molecule is NC(N)=NCCCC(N)C(=O)OOC(=O)CC(O)(CC(=O)O)C(=O)O. The Kier molecular flexibility index (Phi) is 8.87. The minimum absolute atomic E-state index is 0.102. The molecule has 2 atom stereocenters. The third-order valence-corrected chi connectivity index (χ3v) is 2.77. The summed E-state index contributed by atoms with van der Waals surface area (Å²) in [6.07, 6.45) is -2.07. The zero-order valence-electron chi connectivity index (χ0n) is 13.1. The Morgan fingerprint density at radius 1 is 1.08 bits per heavy atom. The molecule has 0 saturated heterocycles. The van der Waals surface area contributed by atoms with Gasteiger partial charge in [0.1, 0.15) is 6.04 Å². The molecule has 0 aliphatic rings. The number of aliphatic imine (C=N–C) groups is 1. The van der Waals surface area contributed by atoms with Gasteiger partial charge in [-0.2, -0.15) is 0 Å². The summed E-state index contributed by atoms with van der Waals surface area (Å²) in [5.41, 5.74) is 12.8. The fourth-order valence-electron chi connectivity index (χ4n) is 1.52. The summed E-state index contributed by atoms with van der Waals surface area (Å²) >= 11 is 0. The molecule has 0 radical (unpaired) electrons. The average molecular weight is 364 g/mol. The van der Waals surface area contributed by atoms with Gasteiger partial charge in [0.2, 0.25) is 0 Å². The molecule has 0 aliphatic heterocycles. The molecule has 0 aliphatic carbocycles. The molecule has 13 heteroatoms. The lowest BCUT2D eigenvalue weighted by Crippen LogP contribution is -2.43. The third-order valence-electron chi connectivity index (χ3n) is 2.77. The lowest BCUT2D eigenvalue weighted by molar-refractivity contribution is -0.262. The highest BCUT2D eigenvalue weighted by Gasteiger charge is 2.42. The molecular formula is C12H20N4O9. The number of nitrogens with zero attached hydrogens (tertiary/aromatic N) is 1. The number of aliphatic hydroxyl groups is 1. The molecule has 0 amide bonds. The second-order valence-corrected chi connectivity index (χ2v) is 5.00. The first kappa shape index (κ1) is 22.1. The predicted octanol–water partition coefficient (Wildman–Crippen LogP) is -2.95. The minimum Gasteiger partial charge on any atom is -0.481 e. The monoisotopic (exact) mass is 364 g/mol. The summed E-state index contributed by atoms with van der Waals surface area (Å²) in [6.45, 7) is 0.212. The van der Waals surface area contributed by atoms with Gasteiger partial charge < -0.3 is 32.5 Å². The molecule has 0 aromatic carbocycles. The lowest BCUT2D eigenvalue weighted by atomic mass is 9.96. The van der Waals surface area contributed by atoms with Gasteiger partial charge in [-0.25, -0.2) is 24.2 Å². The maximum atomic E-state index is 11.5. The van der Waals surface area contributed by atoms with Crippen LogP contribution in [0.3, 0.4) is 0 Å². The number of aliphatic carboxylic acids is 2. The topological polar surface area (TPSA) is 238 Å². The van der Waals surface area contributed by atoms with Gasteiger partial charge in [0, 0.05) is 6.54 Å². The normalized spacial score (nSPS) is 13.8. The van der Waals surface area contributed by atoms with E-state index in [2.05, 4.69) is 14.8 Å². The summed E-state index contributed by atoms with van der Waals surface area (Å²) in [7, 11) is 0. The number of carboxylic acid groups (broad SMARTS) is 2. The van der Waals surface area contributed by atoms with Crippen molar-refractivity contribution in [1.82, 2.24) is 0 Å². The van der Waals surface area contributed by atoms with E-state index in [0.29, 0.717) is 6.42 Å². The van der Waals surface area contributed by atoms with Crippen molar-refractivity contribution in [2.24, 2.45) is 22.2 Å². The number of carboxylic acids is 2. The summed E-state index contributed by atoms with van der Waals surface area (Å²) in [4.78, 5) is 56.1. The molecule has 2 unspecified atom stereocenters. The van der Waals surface area contributed by atoms with E-state index < -0.39 is 48.4 Å². The highest BCUT2D eigenvalue weighted by molar-refractivity contribution is 5.88. The van der Waals surface area contributed by atoms with E-state index in [-0.39, 0.29) is 18.9 Å². The van der Waals surface area contributed by atoms with Crippen molar-refractivity contribution < 1.29 is 44.3 Å². The zero-order chi connectivity index (χ0) is 19.6. The van der Waals surface area contributed by atoms with Crippen LogP contribution in [0, 0.1) is 0 Å². The smallest absolute Gasteiger partial charge is 0.372 e. The van der Waals surface area contributed by atoms with Gasteiger partial charge in [-0.05, 0) is 12.8 Å². The molecule has 0 rings (SSSR count). The number of hydrogen-bond donors (Lipinski definition) is 6. The van der Waals surface area contributed by atoms with Crippen LogP contribution in [0.15, 0.2) is 4.99 Å². The number of carbonyl (C=O) groups is 4. The number of hydrogen-bond acceptors (Lipinski definition) is 9. The van der Waals surface area contributed by atoms with Crippen LogP contribution < -0.4 is 17.2 Å². The van der Waals surface area contributed by atoms with E-state index in [0.717, 1.165) is 0 Å². The Morgan fingerprint density at radius 3 is 2.16 bits per heavy atom. The largest absolute Gasteiger partial charge is 0.481 e. The van der Waals surface area contributed by atoms with Crippen molar-refractivity contribution in [1.29, 1.82) is 0 Å². The van der Waals surface area contributed by atoms with Crippen LogP contribution in [-0.4, -0.2) is 63.3 Å². The highest BCUT2D eigenvalue weighted by Crippen LogP contribution is 2.17. The van der Waals surface area contributed by atoms with Gasteiger partial charge in [0.25, 0.3) is 0 Å². The van der Waals surface area contributed by atoms with Crippen molar-refractivity contribution in [3.8, 4) is 0 Å². The van der Waals surface area contributed by atoms with Gasteiger partial charge in [0.05, 0.1) is 12.8 Å². The maximum Gasteiger partial charge on any atom is 0.372 e. The Balaban J connectivity index is 4.38. The standard InChI is InChI=1S/C12H20N4O9/c13-6(2-1-3-16-11(14)15)9(20)25-24-8(19)5-12(23,10(21)22)4-7(17)18/h6,23H,1-5,13H2,(H,17,18)(H,21,22)(H4,14,15,16). The second-order valence-electron chi connectivity index (χ2n) is 5.00. The van der Waals surface area contributed by atoms with Crippen LogP contribution in [0.2, 0.25) is 0 Å². The quantitative estimate of drug-likeness (QED) is 0.0749. The van der Waals surface area contributed by atoms with Crippen LogP contribution in [0.4, 0.5) is 0 Å². The van der Waals surface area contributed by atoms with Crippen molar-refractivity contribution in [3.05, 3.63) is 0 Å². The van der Waals surface area contributed by atoms with Gasteiger partial charge in [-0.15, -0.1) is 0 Å². The summed E-state index contributed by atoms with van der Waals surface area (Å²) < 4.78 is 0. The lowest BCUT2D eigenvalue weighted by Gasteiger charge is -2.19. The van der Waals surface area contributed by atoms with Crippen LogP contribution in [-0.2, 0) is 29.0 Å². The summed E-state index contributed by atoms with van der Waals surface area (Å²) in [6, 6.07) is -1.17. The highest BCUT2D eigenvalue weighted by atomic mass is 17.2. The first-order valence-electron chi connectivity index (χ1n) is 6.87. The predicted molar refractivity (Wildman–Crippen MR) is 79.5 cm³/mol. The van der Waals surface area contributed by atoms with Gasteiger partial charge in [-0.3, -0.25) is 9.79 Å². The molecule has 9 N–H and O–H groups in total. The summed E-state index contributed by atoms with van der Waals surface area (Å²) in [5.74, 6) is -6.33. The molecule has 0 bridgehead atoms. The van der Waals surface area contributed by atoms with Crippen molar-refractivity contribution >= 4 is 29.8 Å². The third kappa shape index (κ3) is 9.07. The average Bonchev–Trinajstić information content (AvgIpc) is 2.47. The molecule has 25 heavy (non-hydrogen) atoms. The van der Waals surface area contributed by atoms with E-state index in [4.69, 9.17) is 27.4 Å². The van der Waals surface area contributed by atoms with E-state index >= 15 is 0 Å². The Bertz CT molecular complexity index is 547. The van der Waals surface area contributed by atoms with Crippen molar-refractivity contribution in [2.75, 3.05) is 6.54 Å². The number of carbonyl (C=O) groups excluding carboxylic acids is 2. The Labute approximate surface area is 141 Å². The number of nitrogens with two attached hydrogens (primary N) is 3. The van der Waals surface area contributed by atoms with Crippen LogP contribution in [0.5, 0.6) is 0 Å². The molecular weight excluding hydrogens is 344 g/mol. The molecule has 0 saturated carbocycles. The second kappa shape index (κ2) is 10.0. The molecule has 0 aromatic heterocycles. The Hall–Kier alpha value is -2.93. The van der Waals surface area contributed by atoms with Crippen LogP contribution in [0.1, 0.15) is 25.7 Å². The molecule has 0 spiro atoms. The van der Waals surface area contributed by atoms with E-state index in [9.17, 15) is 24.3 Å². The van der Waals surface area contributed by atoms with Gasteiger partial charge in [0.15, 0.2) is 11.6 Å². The molecule has 13 nitrogen and oxygen atoms in total. The van der Waals surface area contributed by atoms with Crippen LogP contribution in [0.25, 0.3) is 0 Å². The number of guanidine groups is 1. The van der Waals surface area contributed by atoms with E-state index in [1.807, 2.05) is 0 Å². The zero-order valence-corrected chi connectivity index (χ0v) is 13.1. The van der Waals surface area contributed by atoms with Gasteiger partial charge >= 0.3 is 23.9 Å². The molecule has 0 aromatic rings. The van der Waals surface area contributed by atoms with Crippen LogP contribution >= 0.6 is 0 Å². The van der Waals surface area contributed by atoms with Crippen molar-refractivity contribution in [3.63, 3.8) is 0 Å². The maximum absolute atomic E-state index is 11.5. The first-order valence-corrected chi connectivity index (χ1v) is 6.87. The van der Waals surface area contributed by atoms with Crippen molar-refractivity contribution in [2.45, 2.75) is 37.3 Å². The number of rotatable bonds is 10. The fourth-order valence-corrected chi connectivity index (χ4v) is 1.52. The summed E-state index contributed by atoms with van der Waals surface area (Å²) in [5, 5.41) is 26.9. The van der Waals surface area contributed by atoms with E-state index in [1.165, 1.54) is 0 Å². The molecule has 0 fully saturated rings. The van der Waals surface area contributed by atoms with Gasteiger partial charge in [-0.1, -0.05) is 0 Å².